The van der Waals surface area contributed by atoms with Gasteiger partial charge in [-0.1, -0.05) is 12.1 Å². The van der Waals surface area contributed by atoms with Crippen LogP contribution in [0.3, 0.4) is 0 Å². The van der Waals surface area contributed by atoms with E-state index in [1.165, 1.54) is 0 Å². The largest absolute Gasteiger partial charge is 0.462 e. The Kier molecular flexibility index (Phi) is 5.36. The van der Waals surface area contributed by atoms with E-state index in [0.29, 0.717) is 25.0 Å². The lowest BCUT2D eigenvalue weighted by molar-refractivity contribution is -0.121. The van der Waals surface area contributed by atoms with Gasteiger partial charge >= 0.3 is 5.97 Å². The van der Waals surface area contributed by atoms with Crippen LogP contribution in [0.5, 0.6) is 0 Å². The molecular formula is C13H16O4. The van der Waals surface area contributed by atoms with E-state index in [0.717, 1.165) is 5.56 Å². The first-order chi connectivity index (χ1) is 8.17. The van der Waals surface area contributed by atoms with Crippen LogP contribution in [0.2, 0.25) is 0 Å². The summed E-state index contributed by atoms with van der Waals surface area (Å²) in [6.45, 7) is 1.69. The van der Waals surface area contributed by atoms with E-state index < -0.39 is 6.61 Å². The number of ketones is 1. The standard InChI is InChI=1S/C13H16O4/c1-2-17-13(16)11-6-3-10(4-7-11)5-8-12(15)9-14/h3-4,6-7,14H,2,5,8-9H2,1H3. The molecule has 1 rings (SSSR count). The molecule has 0 atom stereocenters. The molecule has 0 amide bonds. The highest BCUT2D eigenvalue weighted by atomic mass is 16.5. The van der Waals surface area contributed by atoms with E-state index in [1.807, 2.05) is 0 Å². The Morgan fingerprint density at radius 1 is 1.24 bits per heavy atom. The number of aliphatic hydroxyl groups is 1. The van der Waals surface area contributed by atoms with Crippen LogP contribution in [0.4, 0.5) is 0 Å². The third-order valence-corrected chi connectivity index (χ3v) is 2.33. The van der Waals surface area contributed by atoms with Crippen LogP contribution in [-0.4, -0.2) is 30.1 Å². The van der Waals surface area contributed by atoms with Crippen LogP contribution >= 0.6 is 0 Å². The Hall–Kier alpha value is -1.68. The number of aliphatic hydroxyl groups excluding tert-OH is 1. The predicted octanol–water partition coefficient (Wildman–Crippen LogP) is 1.36. The Labute approximate surface area is 100 Å². The van der Waals surface area contributed by atoms with Crippen molar-refractivity contribution in [3.05, 3.63) is 35.4 Å². The number of hydrogen-bond donors (Lipinski definition) is 1. The van der Waals surface area contributed by atoms with Crippen molar-refractivity contribution in [1.82, 2.24) is 0 Å². The van der Waals surface area contributed by atoms with Gasteiger partial charge in [0, 0.05) is 6.42 Å². The van der Waals surface area contributed by atoms with Crippen LogP contribution in [0.1, 0.15) is 29.3 Å². The van der Waals surface area contributed by atoms with Gasteiger partial charge in [-0.3, -0.25) is 4.79 Å². The molecule has 0 bridgehead atoms. The monoisotopic (exact) mass is 236 g/mol. The van der Waals surface area contributed by atoms with E-state index in [1.54, 1.807) is 31.2 Å². The van der Waals surface area contributed by atoms with E-state index in [-0.39, 0.29) is 11.8 Å². The number of aryl methyl sites for hydroxylation is 1. The molecule has 0 spiro atoms. The van der Waals surface area contributed by atoms with E-state index >= 15 is 0 Å². The maximum absolute atomic E-state index is 11.4. The van der Waals surface area contributed by atoms with Gasteiger partial charge in [-0.15, -0.1) is 0 Å². The lowest BCUT2D eigenvalue weighted by Crippen LogP contribution is -2.06. The zero-order valence-electron chi connectivity index (χ0n) is 9.81. The topological polar surface area (TPSA) is 63.6 Å². The van der Waals surface area contributed by atoms with Crippen molar-refractivity contribution in [2.45, 2.75) is 19.8 Å². The molecule has 1 aromatic carbocycles. The molecule has 0 aromatic heterocycles. The number of ether oxygens (including phenoxy) is 1. The first-order valence-electron chi connectivity index (χ1n) is 5.56. The fraction of sp³-hybridized carbons (Fsp3) is 0.385. The SMILES string of the molecule is CCOC(=O)c1ccc(CCC(=O)CO)cc1. The van der Waals surface area contributed by atoms with E-state index in [4.69, 9.17) is 9.84 Å². The second kappa shape index (κ2) is 6.81. The van der Waals surface area contributed by atoms with Crippen LogP contribution in [-0.2, 0) is 16.0 Å². The minimum atomic E-state index is -0.416. The highest BCUT2D eigenvalue weighted by molar-refractivity contribution is 5.89. The van der Waals surface area contributed by atoms with Crippen molar-refractivity contribution in [1.29, 1.82) is 0 Å². The van der Waals surface area contributed by atoms with Crippen molar-refractivity contribution in [2.24, 2.45) is 0 Å². The maximum atomic E-state index is 11.4. The van der Waals surface area contributed by atoms with Gasteiger partial charge in [0.1, 0.15) is 6.61 Å². The molecule has 0 aliphatic heterocycles. The minimum absolute atomic E-state index is 0.181. The van der Waals surface area contributed by atoms with Gasteiger partial charge in [-0.2, -0.15) is 0 Å². The average molecular weight is 236 g/mol. The number of Topliss-reactive ketones (excluding diaryl/α,β-unsaturated/α-hetero) is 1. The molecule has 17 heavy (non-hydrogen) atoms. The van der Waals surface area contributed by atoms with Crippen molar-refractivity contribution in [2.75, 3.05) is 13.2 Å². The third-order valence-electron chi connectivity index (χ3n) is 2.33. The molecule has 0 saturated heterocycles. The molecule has 0 aliphatic rings. The molecule has 92 valence electrons. The van der Waals surface area contributed by atoms with Gasteiger partial charge in [0.15, 0.2) is 5.78 Å². The summed E-state index contributed by atoms with van der Waals surface area (Å²) < 4.78 is 4.86. The normalized spacial score (nSPS) is 10.0. The molecule has 4 nitrogen and oxygen atoms in total. The van der Waals surface area contributed by atoms with Crippen molar-refractivity contribution >= 4 is 11.8 Å². The molecule has 0 fully saturated rings. The van der Waals surface area contributed by atoms with Gasteiger partial charge in [-0.25, -0.2) is 4.79 Å². The third kappa shape index (κ3) is 4.36. The minimum Gasteiger partial charge on any atom is -0.462 e. The predicted molar refractivity (Wildman–Crippen MR) is 62.8 cm³/mol. The Balaban J connectivity index is 2.56. The quantitative estimate of drug-likeness (QED) is 0.757. The Morgan fingerprint density at radius 2 is 1.88 bits per heavy atom. The molecule has 4 heteroatoms. The number of carbonyl (C=O) groups is 2. The first kappa shape index (κ1) is 13.4. The summed E-state index contributed by atoms with van der Waals surface area (Å²) >= 11 is 0. The first-order valence-corrected chi connectivity index (χ1v) is 5.56. The summed E-state index contributed by atoms with van der Waals surface area (Å²) in [6.07, 6.45) is 0.887. The maximum Gasteiger partial charge on any atom is 0.338 e. The van der Waals surface area contributed by atoms with Gasteiger partial charge in [-0.05, 0) is 31.0 Å². The van der Waals surface area contributed by atoms with Crippen LogP contribution in [0.15, 0.2) is 24.3 Å². The molecule has 0 saturated carbocycles. The fourth-order valence-corrected chi connectivity index (χ4v) is 1.38. The molecule has 0 radical (unpaired) electrons. The second-order valence-corrected chi connectivity index (χ2v) is 3.61. The smallest absolute Gasteiger partial charge is 0.338 e. The molecule has 0 unspecified atom stereocenters. The summed E-state index contributed by atoms with van der Waals surface area (Å²) in [6, 6.07) is 6.93. The van der Waals surface area contributed by atoms with E-state index in [9.17, 15) is 9.59 Å². The lowest BCUT2D eigenvalue weighted by atomic mass is 10.1. The van der Waals surface area contributed by atoms with Crippen LogP contribution < -0.4 is 0 Å². The summed E-state index contributed by atoms with van der Waals surface area (Å²) in [4.78, 5) is 22.3. The molecular weight excluding hydrogens is 220 g/mol. The van der Waals surface area contributed by atoms with Gasteiger partial charge < -0.3 is 9.84 Å². The zero-order chi connectivity index (χ0) is 12.7. The van der Waals surface area contributed by atoms with Gasteiger partial charge in [0.25, 0.3) is 0 Å². The van der Waals surface area contributed by atoms with Gasteiger partial charge in [0.05, 0.1) is 12.2 Å². The zero-order valence-corrected chi connectivity index (χ0v) is 9.81. The second-order valence-electron chi connectivity index (χ2n) is 3.61. The Morgan fingerprint density at radius 3 is 2.41 bits per heavy atom. The molecule has 0 heterocycles. The number of hydrogen-bond acceptors (Lipinski definition) is 4. The summed E-state index contributed by atoms with van der Waals surface area (Å²) in [7, 11) is 0. The van der Waals surface area contributed by atoms with Crippen molar-refractivity contribution in [3.63, 3.8) is 0 Å². The van der Waals surface area contributed by atoms with Crippen LogP contribution in [0.25, 0.3) is 0 Å². The Bertz CT molecular complexity index is 381. The highest BCUT2D eigenvalue weighted by Crippen LogP contribution is 2.08. The van der Waals surface area contributed by atoms with E-state index in [2.05, 4.69) is 0 Å². The highest BCUT2D eigenvalue weighted by Gasteiger charge is 2.06. The molecule has 1 N–H and O–H groups in total. The summed E-state index contributed by atoms with van der Waals surface area (Å²) in [5, 5.41) is 8.58. The van der Waals surface area contributed by atoms with Crippen LogP contribution in [0, 0.1) is 0 Å². The summed E-state index contributed by atoms with van der Waals surface area (Å²) in [5.41, 5.74) is 1.46. The average Bonchev–Trinajstić information content (AvgIpc) is 2.36. The number of benzene rings is 1. The number of esters is 1. The molecule has 1 aromatic rings. The van der Waals surface area contributed by atoms with Crippen molar-refractivity contribution < 1.29 is 19.4 Å². The summed E-state index contributed by atoms with van der Waals surface area (Å²) in [5.74, 6) is -0.523. The van der Waals surface area contributed by atoms with Crippen molar-refractivity contribution in [3.8, 4) is 0 Å². The molecule has 0 aliphatic carbocycles. The number of rotatable bonds is 6. The van der Waals surface area contributed by atoms with Gasteiger partial charge in [0.2, 0.25) is 0 Å². The fourth-order valence-electron chi connectivity index (χ4n) is 1.38. The number of carbonyl (C=O) groups excluding carboxylic acids is 2. The lowest BCUT2D eigenvalue weighted by Gasteiger charge is -2.03.